The molecule has 0 bridgehead atoms. The van der Waals surface area contributed by atoms with Crippen LogP contribution in [-0.4, -0.2) is 49.1 Å². The highest BCUT2D eigenvalue weighted by Gasteiger charge is 2.30. The van der Waals surface area contributed by atoms with Gasteiger partial charge in [0, 0.05) is 35.8 Å². The lowest BCUT2D eigenvalue weighted by atomic mass is 9.92. The minimum atomic E-state index is -0.532. The second kappa shape index (κ2) is 8.80. The van der Waals surface area contributed by atoms with Crippen molar-refractivity contribution in [3.05, 3.63) is 30.9 Å². The van der Waals surface area contributed by atoms with Crippen molar-refractivity contribution in [1.82, 2.24) is 24.7 Å². The number of carbonyl (C=O) groups excluding carboxylic acids is 1. The monoisotopic (exact) mass is 439 g/mol. The van der Waals surface area contributed by atoms with Gasteiger partial charge in [-0.2, -0.15) is 5.10 Å². The number of rotatable bonds is 7. The molecule has 1 aliphatic carbocycles. The number of hydrogen-bond donors (Lipinski definition) is 2. The first kappa shape index (κ1) is 20.2. The lowest BCUT2D eigenvalue weighted by Gasteiger charge is -2.26. The third-order valence-corrected chi connectivity index (χ3v) is 7.07. The van der Waals surface area contributed by atoms with Crippen LogP contribution in [0.5, 0.6) is 0 Å². The second-order valence-electron chi connectivity index (χ2n) is 8.08. The van der Waals surface area contributed by atoms with Crippen LogP contribution in [0.15, 0.2) is 35.7 Å². The number of hydrogen-bond acceptors (Lipinski definition) is 8. The van der Waals surface area contributed by atoms with Crippen LogP contribution < -0.4 is 11.1 Å². The number of amides is 1. The van der Waals surface area contributed by atoms with Crippen LogP contribution in [0.4, 0.5) is 11.6 Å². The predicted molar refractivity (Wildman–Crippen MR) is 119 cm³/mol. The highest BCUT2D eigenvalue weighted by Crippen LogP contribution is 2.42. The van der Waals surface area contributed by atoms with Gasteiger partial charge in [0.1, 0.15) is 11.9 Å². The fourth-order valence-corrected chi connectivity index (χ4v) is 5.08. The number of aromatic nitrogens is 5. The van der Waals surface area contributed by atoms with Gasteiger partial charge in [0.2, 0.25) is 0 Å². The van der Waals surface area contributed by atoms with Crippen LogP contribution in [0.2, 0.25) is 0 Å². The SMILES string of the molecule is Nc1cc(SC2CC2)c2cnn([C@@H](CC3CCOCC3)C(=O)Nc3cnccn3)c2n1. The summed E-state index contributed by atoms with van der Waals surface area (Å²) in [7, 11) is 0. The first-order valence-corrected chi connectivity index (χ1v) is 11.5. The van der Waals surface area contributed by atoms with Crippen molar-refractivity contribution in [1.29, 1.82) is 0 Å². The Morgan fingerprint density at radius 2 is 2.10 bits per heavy atom. The molecule has 2 fully saturated rings. The molecule has 1 amide bonds. The first-order chi connectivity index (χ1) is 15.2. The quantitative estimate of drug-likeness (QED) is 0.576. The van der Waals surface area contributed by atoms with E-state index < -0.39 is 6.04 Å². The molecule has 1 atom stereocenters. The van der Waals surface area contributed by atoms with Crippen molar-refractivity contribution in [3.63, 3.8) is 0 Å². The molecule has 9 nitrogen and oxygen atoms in total. The lowest BCUT2D eigenvalue weighted by Crippen LogP contribution is -2.31. The van der Waals surface area contributed by atoms with Gasteiger partial charge in [-0.15, -0.1) is 11.8 Å². The van der Waals surface area contributed by atoms with Gasteiger partial charge in [0.15, 0.2) is 11.5 Å². The molecule has 10 heteroatoms. The summed E-state index contributed by atoms with van der Waals surface area (Å²) >= 11 is 1.82. The third-order valence-electron chi connectivity index (χ3n) is 5.68. The van der Waals surface area contributed by atoms with Gasteiger partial charge >= 0.3 is 0 Å². The zero-order valence-corrected chi connectivity index (χ0v) is 17.9. The zero-order chi connectivity index (χ0) is 21.2. The van der Waals surface area contributed by atoms with E-state index in [1.807, 2.05) is 17.8 Å². The molecule has 4 heterocycles. The van der Waals surface area contributed by atoms with E-state index in [1.54, 1.807) is 23.3 Å². The number of ether oxygens (including phenoxy) is 1. The average molecular weight is 440 g/mol. The smallest absolute Gasteiger partial charge is 0.250 e. The Morgan fingerprint density at radius 1 is 1.26 bits per heavy atom. The van der Waals surface area contributed by atoms with Crippen molar-refractivity contribution in [3.8, 4) is 0 Å². The Morgan fingerprint density at radius 3 is 2.84 bits per heavy atom. The summed E-state index contributed by atoms with van der Waals surface area (Å²) in [5, 5.41) is 9.07. The Kier molecular flexibility index (Phi) is 5.73. The van der Waals surface area contributed by atoms with E-state index in [1.165, 1.54) is 19.0 Å². The minimum absolute atomic E-state index is 0.183. The number of fused-ring (bicyclic) bond motifs is 1. The van der Waals surface area contributed by atoms with Crippen LogP contribution in [0.3, 0.4) is 0 Å². The molecular weight excluding hydrogens is 414 g/mol. The van der Waals surface area contributed by atoms with E-state index in [0.717, 1.165) is 36.3 Å². The number of nitrogens with one attached hydrogen (secondary N) is 1. The number of nitrogens with two attached hydrogens (primary N) is 1. The van der Waals surface area contributed by atoms with Crippen molar-refractivity contribution in [2.75, 3.05) is 24.3 Å². The fraction of sp³-hybridized carbons (Fsp3) is 0.476. The van der Waals surface area contributed by atoms with Crippen LogP contribution in [0.1, 0.15) is 38.1 Å². The minimum Gasteiger partial charge on any atom is -0.384 e. The van der Waals surface area contributed by atoms with E-state index in [9.17, 15) is 4.79 Å². The number of carbonyl (C=O) groups is 1. The highest BCUT2D eigenvalue weighted by molar-refractivity contribution is 8.00. The molecule has 162 valence electrons. The Bertz CT molecular complexity index is 1060. The van der Waals surface area contributed by atoms with Crippen LogP contribution in [-0.2, 0) is 9.53 Å². The van der Waals surface area contributed by atoms with Crippen molar-refractivity contribution >= 4 is 40.3 Å². The van der Waals surface area contributed by atoms with Crippen molar-refractivity contribution < 1.29 is 9.53 Å². The van der Waals surface area contributed by atoms with E-state index in [-0.39, 0.29) is 5.91 Å². The van der Waals surface area contributed by atoms with Gasteiger partial charge in [-0.25, -0.2) is 14.6 Å². The van der Waals surface area contributed by atoms with Gasteiger partial charge < -0.3 is 15.8 Å². The third kappa shape index (κ3) is 4.64. The Hall–Kier alpha value is -2.72. The summed E-state index contributed by atoms with van der Waals surface area (Å²) in [4.78, 5) is 27.2. The van der Waals surface area contributed by atoms with Gasteiger partial charge in [0.05, 0.1) is 17.8 Å². The number of nitrogen functional groups attached to an aromatic ring is 1. The van der Waals surface area contributed by atoms with Gasteiger partial charge in [-0.05, 0) is 44.1 Å². The topological polar surface area (TPSA) is 121 Å². The number of pyridine rings is 1. The largest absolute Gasteiger partial charge is 0.384 e. The van der Waals surface area contributed by atoms with Crippen LogP contribution in [0.25, 0.3) is 11.0 Å². The van der Waals surface area contributed by atoms with Crippen molar-refractivity contribution in [2.24, 2.45) is 5.92 Å². The molecule has 0 aromatic carbocycles. The molecule has 5 rings (SSSR count). The van der Waals surface area contributed by atoms with Crippen LogP contribution >= 0.6 is 11.8 Å². The summed E-state index contributed by atoms with van der Waals surface area (Å²) in [5.74, 6) is 1.04. The molecular formula is C21H25N7O2S. The second-order valence-corrected chi connectivity index (χ2v) is 9.42. The fourth-order valence-electron chi connectivity index (χ4n) is 3.89. The first-order valence-electron chi connectivity index (χ1n) is 10.6. The molecule has 1 saturated carbocycles. The zero-order valence-electron chi connectivity index (χ0n) is 17.1. The standard InChI is InChI=1S/C21H25N7O2S/c22-18-10-17(31-14-1-2-14)15-11-25-28(20(15)26-18)16(9-13-3-7-30-8-4-13)21(29)27-19-12-23-5-6-24-19/h5-6,10-14,16H,1-4,7-9H2,(H2,22,26)(H,24,27,29)/t16-/m0/s1. The van der Waals surface area contributed by atoms with Gasteiger partial charge in [-0.1, -0.05) is 0 Å². The molecule has 3 N–H and O–H groups in total. The van der Waals surface area contributed by atoms with E-state index in [2.05, 4.69) is 25.4 Å². The lowest BCUT2D eigenvalue weighted by molar-refractivity contribution is -0.120. The molecule has 1 aliphatic heterocycles. The van der Waals surface area contributed by atoms with Gasteiger partial charge in [-0.3, -0.25) is 9.78 Å². The molecule has 3 aromatic heterocycles. The normalized spacial score (nSPS) is 18.2. The Labute approximate surface area is 184 Å². The molecule has 31 heavy (non-hydrogen) atoms. The number of nitrogens with zero attached hydrogens (tertiary/aromatic N) is 5. The summed E-state index contributed by atoms with van der Waals surface area (Å²) in [6, 6.07) is 1.38. The molecule has 0 radical (unpaired) electrons. The van der Waals surface area contributed by atoms with E-state index in [4.69, 9.17) is 10.5 Å². The number of thioether (sulfide) groups is 1. The average Bonchev–Trinajstić information content (AvgIpc) is 3.50. The van der Waals surface area contributed by atoms with E-state index in [0.29, 0.717) is 34.9 Å². The summed E-state index contributed by atoms with van der Waals surface area (Å²) in [6.45, 7) is 1.44. The van der Waals surface area contributed by atoms with Gasteiger partial charge in [0.25, 0.3) is 5.91 Å². The predicted octanol–water partition coefficient (Wildman–Crippen LogP) is 3.05. The summed E-state index contributed by atoms with van der Waals surface area (Å²) < 4.78 is 7.23. The maximum atomic E-state index is 13.4. The maximum Gasteiger partial charge on any atom is 0.250 e. The molecule has 3 aromatic rings. The molecule has 0 unspecified atom stereocenters. The molecule has 2 aliphatic rings. The highest BCUT2D eigenvalue weighted by atomic mass is 32.2. The Balaban J connectivity index is 1.49. The summed E-state index contributed by atoms with van der Waals surface area (Å²) in [6.07, 6.45) is 11.4. The maximum absolute atomic E-state index is 13.4. The molecule has 1 saturated heterocycles. The summed E-state index contributed by atoms with van der Waals surface area (Å²) in [5.41, 5.74) is 6.78. The van der Waals surface area contributed by atoms with E-state index >= 15 is 0 Å². The molecule has 0 spiro atoms. The van der Waals surface area contributed by atoms with Crippen LogP contribution in [0, 0.1) is 5.92 Å². The van der Waals surface area contributed by atoms with Crippen molar-refractivity contribution in [2.45, 2.75) is 48.3 Å². The number of anilines is 2.